The second kappa shape index (κ2) is 6.73. The van der Waals surface area contributed by atoms with Crippen molar-refractivity contribution < 1.29 is 9.18 Å². The number of carbonyl (C=O) groups excluding carboxylic acids is 1. The van der Waals surface area contributed by atoms with Crippen LogP contribution in [0.3, 0.4) is 0 Å². The molecule has 2 aromatic rings. The summed E-state index contributed by atoms with van der Waals surface area (Å²) < 4.78 is 15.6. The lowest BCUT2D eigenvalue weighted by molar-refractivity contribution is -0.132. The van der Waals surface area contributed by atoms with Gasteiger partial charge in [-0.2, -0.15) is 5.10 Å². The molecule has 128 valence electrons. The molecule has 1 aliphatic heterocycles. The van der Waals surface area contributed by atoms with Gasteiger partial charge in [-0.1, -0.05) is 12.1 Å². The Morgan fingerprint density at radius 2 is 2.17 bits per heavy atom. The van der Waals surface area contributed by atoms with Crippen LogP contribution in [-0.2, 0) is 10.3 Å². The Kier molecular flexibility index (Phi) is 4.66. The topological polar surface area (TPSA) is 59.0 Å². The first-order valence-electron chi connectivity index (χ1n) is 8.31. The third kappa shape index (κ3) is 3.06. The summed E-state index contributed by atoms with van der Waals surface area (Å²) in [5.41, 5.74) is 0.673. The van der Waals surface area contributed by atoms with Crippen LogP contribution in [-0.4, -0.2) is 28.8 Å². The molecule has 6 heteroatoms. The van der Waals surface area contributed by atoms with Crippen molar-refractivity contribution in [1.82, 2.24) is 20.4 Å². The van der Waals surface area contributed by atoms with E-state index in [1.54, 1.807) is 23.9 Å². The molecule has 0 saturated carbocycles. The molecule has 0 aliphatic carbocycles. The van der Waals surface area contributed by atoms with Crippen molar-refractivity contribution in [2.45, 2.75) is 38.3 Å². The van der Waals surface area contributed by atoms with E-state index < -0.39 is 5.54 Å². The minimum absolute atomic E-state index is 0.0683. The Labute approximate surface area is 141 Å². The molecule has 3 rings (SSSR count). The number of amides is 1. The number of hydrogen-bond donors (Lipinski definition) is 2. The highest BCUT2D eigenvalue weighted by Gasteiger charge is 2.42. The lowest BCUT2D eigenvalue weighted by Crippen LogP contribution is -2.55. The molecular formula is C18H23FN4O. The monoisotopic (exact) mass is 330 g/mol. The van der Waals surface area contributed by atoms with Crippen molar-refractivity contribution in [2.24, 2.45) is 0 Å². The highest BCUT2D eigenvalue weighted by molar-refractivity contribution is 5.85. The van der Waals surface area contributed by atoms with E-state index in [-0.39, 0.29) is 17.8 Å². The predicted octanol–water partition coefficient (Wildman–Crippen LogP) is 2.29. The van der Waals surface area contributed by atoms with E-state index in [0.29, 0.717) is 18.4 Å². The first-order valence-corrected chi connectivity index (χ1v) is 8.31. The summed E-state index contributed by atoms with van der Waals surface area (Å²) in [6.07, 6.45) is 4.88. The normalized spacial score (nSPS) is 18.1. The molecule has 1 saturated heterocycles. The van der Waals surface area contributed by atoms with Gasteiger partial charge >= 0.3 is 0 Å². The number of piperidine rings is 1. The standard InChI is InChI=1S/C18H23FN4O/c1-13-4-5-15(12-16(13)19)14(2)22-17(24)18(6-9-20-10-7-18)23-11-3-8-21-23/h3-5,8,11-12,14,20H,6-7,9-10H2,1-2H3,(H,22,24). The van der Waals surface area contributed by atoms with Crippen LogP contribution >= 0.6 is 0 Å². The number of aromatic nitrogens is 2. The number of benzene rings is 1. The Morgan fingerprint density at radius 3 is 2.79 bits per heavy atom. The van der Waals surface area contributed by atoms with Gasteiger partial charge in [0.15, 0.2) is 0 Å². The van der Waals surface area contributed by atoms with E-state index in [9.17, 15) is 9.18 Å². The molecule has 1 aromatic carbocycles. The zero-order valence-corrected chi connectivity index (χ0v) is 14.1. The van der Waals surface area contributed by atoms with Crippen LogP contribution < -0.4 is 10.6 Å². The van der Waals surface area contributed by atoms with E-state index in [0.717, 1.165) is 18.7 Å². The van der Waals surface area contributed by atoms with Gasteiger partial charge in [-0.05, 0) is 63.0 Å². The lowest BCUT2D eigenvalue weighted by atomic mass is 9.87. The van der Waals surface area contributed by atoms with Gasteiger partial charge in [0.2, 0.25) is 5.91 Å². The second-order valence-electron chi connectivity index (χ2n) is 6.44. The van der Waals surface area contributed by atoms with Crippen molar-refractivity contribution in [2.75, 3.05) is 13.1 Å². The summed E-state index contributed by atoms with van der Waals surface area (Å²) >= 11 is 0. The Morgan fingerprint density at radius 1 is 1.42 bits per heavy atom. The molecule has 24 heavy (non-hydrogen) atoms. The minimum Gasteiger partial charge on any atom is -0.347 e. The summed E-state index contributed by atoms with van der Waals surface area (Å²) in [6.45, 7) is 5.13. The number of hydrogen-bond acceptors (Lipinski definition) is 3. The van der Waals surface area contributed by atoms with Crippen molar-refractivity contribution in [3.63, 3.8) is 0 Å². The molecule has 1 atom stereocenters. The van der Waals surface area contributed by atoms with Crippen LogP contribution in [0.2, 0.25) is 0 Å². The predicted molar refractivity (Wildman–Crippen MR) is 90.0 cm³/mol. The fourth-order valence-electron chi connectivity index (χ4n) is 3.22. The lowest BCUT2D eigenvalue weighted by Gasteiger charge is -2.37. The van der Waals surface area contributed by atoms with Gasteiger partial charge in [0.25, 0.3) is 0 Å². The summed E-state index contributed by atoms with van der Waals surface area (Å²) in [7, 11) is 0. The Balaban J connectivity index is 1.82. The zero-order valence-electron chi connectivity index (χ0n) is 14.1. The third-order valence-corrected chi connectivity index (χ3v) is 4.84. The van der Waals surface area contributed by atoms with Crippen LogP contribution in [0.1, 0.15) is 36.9 Å². The van der Waals surface area contributed by atoms with E-state index in [2.05, 4.69) is 15.7 Å². The zero-order chi connectivity index (χ0) is 17.2. The molecule has 2 heterocycles. The fourth-order valence-corrected chi connectivity index (χ4v) is 3.22. The van der Waals surface area contributed by atoms with Crippen LogP contribution in [0.25, 0.3) is 0 Å². The number of rotatable bonds is 4. The average Bonchev–Trinajstić information content (AvgIpc) is 3.13. The first kappa shape index (κ1) is 16.6. The highest BCUT2D eigenvalue weighted by atomic mass is 19.1. The van der Waals surface area contributed by atoms with Crippen molar-refractivity contribution in [3.8, 4) is 0 Å². The number of nitrogens with one attached hydrogen (secondary N) is 2. The number of aryl methyl sites for hydroxylation is 1. The van der Waals surface area contributed by atoms with Gasteiger partial charge in [0.1, 0.15) is 11.4 Å². The minimum atomic E-state index is -0.688. The van der Waals surface area contributed by atoms with Crippen LogP contribution in [0.5, 0.6) is 0 Å². The molecule has 2 N–H and O–H groups in total. The van der Waals surface area contributed by atoms with Gasteiger partial charge < -0.3 is 10.6 Å². The van der Waals surface area contributed by atoms with E-state index in [1.807, 2.05) is 25.3 Å². The van der Waals surface area contributed by atoms with Gasteiger partial charge in [0.05, 0.1) is 6.04 Å². The molecule has 1 aromatic heterocycles. The van der Waals surface area contributed by atoms with Gasteiger partial charge in [-0.3, -0.25) is 9.48 Å². The van der Waals surface area contributed by atoms with Crippen LogP contribution in [0.15, 0.2) is 36.7 Å². The summed E-state index contributed by atoms with van der Waals surface area (Å²) in [5, 5.41) is 10.6. The summed E-state index contributed by atoms with van der Waals surface area (Å²) in [5.74, 6) is -0.321. The van der Waals surface area contributed by atoms with Gasteiger partial charge in [-0.15, -0.1) is 0 Å². The van der Waals surface area contributed by atoms with Gasteiger partial charge in [-0.25, -0.2) is 4.39 Å². The highest BCUT2D eigenvalue weighted by Crippen LogP contribution is 2.28. The maximum Gasteiger partial charge on any atom is 0.248 e. The largest absolute Gasteiger partial charge is 0.347 e. The molecule has 5 nitrogen and oxygen atoms in total. The molecule has 1 fully saturated rings. The maximum atomic E-state index is 13.8. The third-order valence-electron chi connectivity index (χ3n) is 4.84. The van der Waals surface area contributed by atoms with E-state index >= 15 is 0 Å². The molecule has 1 amide bonds. The van der Waals surface area contributed by atoms with Crippen molar-refractivity contribution in [3.05, 3.63) is 53.6 Å². The summed E-state index contributed by atoms with van der Waals surface area (Å²) in [6, 6.07) is 6.64. The molecular weight excluding hydrogens is 307 g/mol. The molecule has 1 unspecified atom stereocenters. The maximum absolute atomic E-state index is 13.8. The number of carbonyl (C=O) groups is 1. The molecule has 0 radical (unpaired) electrons. The average molecular weight is 330 g/mol. The van der Waals surface area contributed by atoms with E-state index in [4.69, 9.17) is 0 Å². The fraction of sp³-hybridized carbons (Fsp3) is 0.444. The summed E-state index contributed by atoms with van der Waals surface area (Å²) in [4.78, 5) is 13.1. The quantitative estimate of drug-likeness (QED) is 0.904. The van der Waals surface area contributed by atoms with Crippen molar-refractivity contribution in [1.29, 1.82) is 0 Å². The van der Waals surface area contributed by atoms with Gasteiger partial charge in [0, 0.05) is 12.4 Å². The van der Waals surface area contributed by atoms with Crippen molar-refractivity contribution >= 4 is 5.91 Å². The Hall–Kier alpha value is -2.21. The van der Waals surface area contributed by atoms with Crippen LogP contribution in [0.4, 0.5) is 4.39 Å². The molecule has 0 spiro atoms. The van der Waals surface area contributed by atoms with Crippen LogP contribution in [0, 0.1) is 12.7 Å². The first-order chi connectivity index (χ1) is 11.5. The number of nitrogens with zero attached hydrogens (tertiary/aromatic N) is 2. The molecule has 1 aliphatic rings. The molecule has 0 bridgehead atoms. The SMILES string of the molecule is Cc1ccc(C(C)NC(=O)C2(n3cccn3)CCNCC2)cc1F. The Bertz CT molecular complexity index is 708. The number of halogens is 1. The second-order valence-corrected chi connectivity index (χ2v) is 6.44. The smallest absolute Gasteiger partial charge is 0.248 e. The van der Waals surface area contributed by atoms with E-state index in [1.165, 1.54) is 6.07 Å².